The summed E-state index contributed by atoms with van der Waals surface area (Å²) in [7, 11) is 3.10. The molecule has 1 aliphatic carbocycles. The van der Waals surface area contributed by atoms with Gasteiger partial charge in [-0.1, -0.05) is 0 Å². The maximum Gasteiger partial charge on any atom is 0.358 e. The molecule has 32 heavy (non-hydrogen) atoms. The Morgan fingerprint density at radius 1 is 1.22 bits per heavy atom. The van der Waals surface area contributed by atoms with E-state index in [1.54, 1.807) is 31.7 Å². The predicted molar refractivity (Wildman–Crippen MR) is 121 cm³/mol. The molecule has 0 unspecified atom stereocenters. The van der Waals surface area contributed by atoms with Crippen molar-refractivity contribution in [2.24, 2.45) is 0 Å². The number of aryl methyl sites for hydroxylation is 1. The van der Waals surface area contributed by atoms with E-state index in [9.17, 15) is 14.9 Å². The third-order valence-corrected chi connectivity index (χ3v) is 7.06. The SMILES string of the molecule is COc1ccc(-c2nc(C(=O)OCC(=O)Nc3sc4c(c3C#N)CCC4)cs2)cc1OC. The molecule has 1 aliphatic rings. The van der Waals surface area contributed by atoms with E-state index in [0.717, 1.165) is 35.3 Å². The lowest BCUT2D eigenvalue weighted by Crippen LogP contribution is -2.21. The van der Waals surface area contributed by atoms with Gasteiger partial charge in [0.2, 0.25) is 0 Å². The van der Waals surface area contributed by atoms with Crippen LogP contribution in [-0.4, -0.2) is 37.7 Å². The van der Waals surface area contributed by atoms with Gasteiger partial charge < -0.3 is 19.5 Å². The van der Waals surface area contributed by atoms with E-state index < -0.39 is 18.5 Å². The molecule has 3 aromatic rings. The van der Waals surface area contributed by atoms with Crippen LogP contribution in [0.3, 0.4) is 0 Å². The molecular formula is C22H19N3O5S2. The summed E-state index contributed by atoms with van der Waals surface area (Å²) in [5.74, 6) is -0.0475. The van der Waals surface area contributed by atoms with Gasteiger partial charge in [-0.3, -0.25) is 4.79 Å². The zero-order valence-electron chi connectivity index (χ0n) is 17.4. The quantitative estimate of drug-likeness (QED) is 0.520. The highest BCUT2D eigenvalue weighted by Gasteiger charge is 2.23. The highest BCUT2D eigenvalue weighted by Crippen LogP contribution is 2.38. The number of thiophene rings is 1. The summed E-state index contributed by atoms with van der Waals surface area (Å²) in [6.45, 7) is -0.463. The van der Waals surface area contributed by atoms with Crippen LogP contribution < -0.4 is 14.8 Å². The number of benzene rings is 1. The van der Waals surface area contributed by atoms with Crippen molar-refractivity contribution in [3.63, 3.8) is 0 Å². The Morgan fingerprint density at radius 3 is 2.78 bits per heavy atom. The number of carbonyl (C=O) groups is 2. The van der Waals surface area contributed by atoms with E-state index in [1.807, 2.05) is 6.07 Å². The number of aromatic nitrogens is 1. The smallest absolute Gasteiger partial charge is 0.358 e. The summed E-state index contributed by atoms with van der Waals surface area (Å²) in [4.78, 5) is 30.1. The van der Waals surface area contributed by atoms with Crippen LogP contribution >= 0.6 is 22.7 Å². The molecule has 0 atom stereocenters. The minimum absolute atomic E-state index is 0.111. The first-order chi connectivity index (χ1) is 15.5. The number of ether oxygens (including phenoxy) is 3. The van der Waals surface area contributed by atoms with Crippen molar-refractivity contribution < 1.29 is 23.8 Å². The van der Waals surface area contributed by atoms with Crippen molar-refractivity contribution in [3.05, 3.63) is 45.3 Å². The van der Waals surface area contributed by atoms with Crippen LogP contribution in [0.5, 0.6) is 11.5 Å². The van der Waals surface area contributed by atoms with Gasteiger partial charge in [0.05, 0.1) is 19.8 Å². The Bertz CT molecular complexity index is 1220. The molecule has 0 spiro atoms. The van der Waals surface area contributed by atoms with Crippen LogP contribution in [0.15, 0.2) is 23.6 Å². The topological polar surface area (TPSA) is 111 Å². The summed E-state index contributed by atoms with van der Waals surface area (Å²) in [6, 6.07) is 7.51. The number of carbonyl (C=O) groups excluding carboxylic acids is 2. The number of fused-ring (bicyclic) bond motifs is 1. The Balaban J connectivity index is 1.38. The predicted octanol–water partition coefficient (Wildman–Crippen LogP) is 4.04. The third-order valence-electron chi connectivity index (χ3n) is 4.96. The molecule has 10 heteroatoms. The summed E-state index contributed by atoms with van der Waals surface area (Å²) < 4.78 is 15.6. The van der Waals surface area contributed by atoms with Crippen LogP contribution in [0, 0.1) is 11.3 Å². The van der Waals surface area contributed by atoms with Gasteiger partial charge in [-0.25, -0.2) is 9.78 Å². The molecule has 1 amide bonds. The molecule has 2 heterocycles. The van der Waals surface area contributed by atoms with E-state index in [4.69, 9.17) is 14.2 Å². The maximum atomic E-state index is 12.4. The molecule has 0 bridgehead atoms. The van der Waals surface area contributed by atoms with Gasteiger partial charge in [-0.15, -0.1) is 22.7 Å². The van der Waals surface area contributed by atoms with Crippen molar-refractivity contribution in [2.75, 3.05) is 26.1 Å². The molecular weight excluding hydrogens is 450 g/mol. The van der Waals surface area contributed by atoms with E-state index >= 15 is 0 Å². The molecule has 2 aromatic heterocycles. The van der Waals surface area contributed by atoms with Gasteiger partial charge in [0.1, 0.15) is 16.1 Å². The largest absolute Gasteiger partial charge is 0.493 e. The van der Waals surface area contributed by atoms with Gasteiger partial charge in [-0.2, -0.15) is 5.26 Å². The molecule has 1 aromatic carbocycles. The number of anilines is 1. The summed E-state index contributed by atoms with van der Waals surface area (Å²) in [5, 5.41) is 14.8. The van der Waals surface area contributed by atoms with Crippen LogP contribution in [-0.2, 0) is 22.4 Å². The number of nitriles is 1. The minimum Gasteiger partial charge on any atom is -0.493 e. The normalized spacial score (nSPS) is 12.0. The molecule has 0 radical (unpaired) electrons. The zero-order valence-corrected chi connectivity index (χ0v) is 19.0. The lowest BCUT2D eigenvalue weighted by molar-refractivity contribution is -0.119. The lowest BCUT2D eigenvalue weighted by Gasteiger charge is -2.08. The van der Waals surface area contributed by atoms with E-state index in [2.05, 4.69) is 16.4 Å². The van der Waals surface area contributed by atoms with Crippen LogP contribution in [0.2, 0.25) is 0 Å². The molecule has 164 valence electrons. The molecule has 0 saturated carbocycles. The van der Waals surface area contributed by atoms with E-state index in [-0.39, 0.29) is 5.69 Å². The molecule has 0 saturated heterocycles. The average Bonchev–Trinajstić information content (AvgIpc) is 3.53. The number of thiazole rings is 1. The van der Waals surface area contributed by atoms with E-state index in [0.29, 0.717) is 27.1 Å². The molecule has 8 nitrogen and oxygen atoms in total. The average molecular weight is 470 g/mol. The number of nitrogens with zero attached hydrogens (tertiary/aromatic N) is 2. The summed E-state index contributed by atoms with van der Waals surface area (Å²) in [5.41, 5.74) is 2.41. The monoisotopic (exact) mass is 469 g/mol. The first kappa shape index (κ1) is 21.8. The zero-order chi connectivity index (χ0) is 22.7. The molecule has 4 rings (SSSR count). The minimum atomic E-state index is -0.697. The Morgan fingerprint density at radius 2 is 2.03 bits per heavy atom. The standard InChI is InChI=1S/C22H19N3O5S2/c1-28-16-7-6-12(8-17(16)29-2)20-24-15(11-31-20)22(27)30-10-19(26)25-21-14(9-23)13-4-3-5-18(13)32-21/h6-8,11H,3-5,10H2,1-2H3,(H,25,26). The fraction of sp³-hybridized carbons (Fsp3) is 0.273. The van der Waals surface area contributed by atoms with Crippen LogP contribution in [0.4, 0.5) is 5.00 Å². The highest BCUT2D eigenvalue weighted by molar-refractivity contribution is 7.16. The number of esters is 1. The number of hydrogen-bond acceptors (Lipinski definition) is 9. The van der Waals surface area contributed by atoms with Crippen LogP contribution in [0.25, 0.3) is 10.6 Å². The second-order valence-electron chi connectivity index (χ2n) is 6.91. The summed E-state index contributed by atoms with van der Waals surface area (Å²) in [6.07, 6.45) is 2.80. The number of rotatable bonds is 7. The number of methoxy groups -OCH3 is 2. The molecule has 0 fully saturated rings. The van der Waals surface area contributed by atoms with Crippen molar-refractivity contribution >= 4 is 39.6 Å². The molecule has 0 aliphatic heterocycles. The first-order valence-electron chi connectivity index (χ1n) is 9.73. The first-order valence-corrected chi connectivity index (χ1v) is 11.4. The third kappa shape index (κ3) is 4.30. The number of amides is 1. The van der Waals surface area contributed by atoms with Gasteiger partial charge in [0.25, 0.3) is 5.91 Å². The fourth-order valence-electron chi connectivity index (χ4n) is 3.45. The van der Waals surface area contributed by atoms with E-state index in [1.165, 1.54) is 22.7 Å². The van der Waals surface area contributed by atoms with Gasteiger partial charge in [-0.05, 0) is 43.0 Å². The second-order valence-corrected chi connectivity index (χ2v) is 8.87. The van der Waals surface area contributed by atoms with Crippen molar-refractivity contribution in [1.82, 2.24) is 4.98 Å². The number of hydrogen-bond donors (Lipinski definition) is 1. The number of nitrogens with one attached hydrogen (secondary N) is 1. The van der Waals surface area contributed by atoms with Gasteiger partial charge >= 0.3 is 5.97 Å². The van der Waals surface area contributed by atoms with Gasteiger partial charge in [0, 0.05) is 15.8 Å². The highest BCUT2D eigenvalue weighted by atomic mass is 32.1. The lowest BCUT2D eigenvalue weighted by atomic mass is 10.1. The Kier molecular flexibility index (Phi) is 6.39. The fourth-order valence-corrected chi connectivity index (χ4v) is 5.49. The van der Waals surface area contributed by atoms with Crippen molar-refractivity contribution in [1.29, 1.82) is 5.26 Å². The summed E-state index contributed by atoms with van der Waals surface area (Å²) >= 11 is 2.69. The Hall–Kier alpha value is -3.42. The second kappa shape index (κ2) is 9.38. The maximum absolute atomic E-state index is 12.4. The Labute approximate surface area is 192 Å². The van der Waals surface area contributed by atoms with Crippen molar-refractivity contribution in [2.45, 2.75) is 19.3 Å². The van der Waals surface area contributed by atoms with Crippen molar-refractivity contribution in [3.8, 4) is 28.1 Å². The van der Waals surface area contributed by atoms with Crippen LogP contribution in [0.1, 0.15) is 32.9 Å². The molecule has 1 N–H and O–H groups in total. The van der Waals surface area contributed by atoms with Gasteiger partial charge in [0.15, 0.2) is 23.8 Å².